The Morgan fingerprint density at radius 2 is 2.26 bits per heavy atom. The number of aromatic nitrogens is 2. The summed E-state index contributed by atoms with van der Waals surface area (Å²) >= 11 is 1.63. The molecule has 0 amide bonds. The number of halogens is 1. The van der Waals surface area contributed by atoms with Crippen LogP contribution in [-0.4, -0.2) is 16.0 Å². The van der Waals surface area contributed by atoms with Crippen LogP contribution in [0.25, 0.3) is 22.2 Å². The predicted molar refractivity (Wildman–Crippen MR) is 94.4 cm³/mol. The monoisotopic (exact) mass is 329 g/mol. The molecule has 4 rings (SSSR count). The minimum Gasteiger partial charge on any atom is -0.360 e. The summed E-state index contributed by atoms with van der Waals surface area (Å²) in [7, 11) is 0. The van der Waals surface area contributed by atoms with E-state index in [9.17, 15) is 4.39 Å². The number of aromatic amines is 1. The maximum absolute atomic E-state index is 13.5. The summed E-state index contributed by atoms with van der Waals surface area (Å²) in [5.74, 6) is 0.570. The van der Waals surface area contributed by atoms with Gasteiger partial charge in [-0.1, -0.05) is 19.8 Å². The first-order valence-electron chi connectivity index (χ1n) is 8.18. The van der Waals surface area contributed by atoms with Gasteiger partial charge in [0, 0.05) is 34.1 Å². The molecule has 2 heterocycles. The van der Waals surface area contributed by atoms with Gasteiger partial charge in [-0.25, -0.2) is 9.37 Å². The molecule has 5 heteroatoms. The van der Waals surface area contributed by atoms with Crippen LogP contribution in [0, 0.1) is 11.7 Å². The standard InChI is InChI=1S/C18H20FN3S/c1-11-3-2-4-13(7-11)21-18-22-17(10-23-18)15-9-20-16-6-5-12(19)8-14(15)16/h5-6,8-11,13,20H,2-4,7H2,1H3,(H,21,22)/t11-,13+/m1/s1. The van der Waals surface area contributed by atoms with Gasteiger partial charge in [-0.2, -0.15) is 0 Å². The predicted octanol–water partition coefficient (Wildman–Crippen LogP) is 5.42. The second-order valence-corrected chi connectivity index (χ2v) is 7.40. The third-order valence-corrected chi connectivity index (χ3v) is 5.46. The topological polar surface area (TPSA) is 40.7 Å². The molecule has 120 valence electrons. The van der Waals surface area contributed by atoms with E-state index in [-0.39, 0.29) is 5.82 Å². The fourth-order valence-electron chi connectivity index (χ4n) is 3.51. The summed E-state index contributed by atoms with van der Waals surface area (Å²) in [5.41, 5.74) is 2.80. The lowest BCUT2D eigenvalue weighted by atomic mass is 9.87. The van der Waals surface area contributed by atoms with Crippen LogP contribution < -0.4 is 5.32 Å². The lowest BCUT2D eigenvalue weighted by molar-refractivity contribution is 0.358. The maximum Gasteiger partial charge on any atom is 0.183 e. The molecule has 0 spiro atoms. The minimum atomic E-state index is -0.219. The van der Waals surface area contributed by atoms with E-state index in [0.29, 0.717) is 6.04 Å². The van der Waals surface area contributed by atoms with Crippen molar-refractivity contribution in [1.82, 2.24) is 9.97 Å². The first-order valence-corrected chi connectivity index (χ1v) is 9.06. The largest absolute Gasteiger partial charge is 0.360 e. The van der Waals surface area contributed by atoms with Gasteiger partial charge in [0.15, 0.2) is 5.13 Å². The van der Waals surface area contributed by atoms with E-state index in [1.54, 1.807) is 23.5 Å². The summed E-state index contributed by atoms with van der Waals surface area (Å²) in [4.78, 5) is 7.90. The van der Waals surface area contributed by atoms with Gasteiger partial charge in [0.25, 0.3) is 0 Å². The van der Waals surface area contributed by atoms with Crippen LogP contribution in [0.3, 0.4) is 0 Å². The Balaban J connectivity index is 1.58. The fraction of sp³-hybridized carbons (Fsp3) is 0.389. The Morgan fingerprint density at radius 1 is 1.35 bits per heavy atom. The zero-order valence-electron chi connectivity index (χ0n) is 13.1. The third-order valence-electron chi connectivity index (χ3n) is 4.69. The molecule has 1 fully saturated rings. The van der Waals surface area contributed by atoms with Gasteiger partial charge in [-0.05, 0) is 37.0 Å². The van der Waals surface area contributed by atoms with Gasteiger partial charge in [0.05, 0.1) is 5.69 Å². The molecule has 1 aromatic carbocycles. The highest BCUT2D eigenvalue weighted by Crippen LogP contribution is 2.33. The van der Waals surface area contributed by atoms with Gasteiger partial charge in [-0.3, -0.25) is 0 Å². The number of nitrogens with one attached hydrogen (secondary N) is 2. The molecule has 2 aromatic heterocycles. The van der Waals surface area contributed by atoms with Crippen molar-refractivity contribution in [2.24, 2.45) is 5.92 Å². The molecule has 1 saturated carbocycles. The summed E-state index contributed by atoms with van der Waals surface area (Å²) in [5, 5.41) is 7.47. The molecule has 1 aliphatic rings. The van der Waals surface area contributed by atoms with Crippen LogP contribution in [-0.2, 0) is 0 Å². The Morgan fingerprint density at radius 3 is 3.13 bits per heavy atom. The van der Waals surface area contributed by atoms with E-state index in [4.69, 9.17) is 4.98 Å². The van der Waals surface area contributed by atoms with E-state index < -0.39 is 0 Å². The zero-order chi connectivity index (χ0) is 15.8. The Bertz CT molecular complexity index is 823. The molecule has 2 atom stereocenters. The first kappa shape index (κ1) is 14.7. The molecule has 23 heavy (non-hydrogen) atoms. The number of thiazole rings is 1. The van der Waals surface area contributed by atoms with Crippen molar-refractivity contribution in [3.05, 3.63) is 35.6 Å². The first-order chi connectivity index (χ1) is 11.2. The van der Waals surface area contributed by atoms with Gasteiger partial charge in [0.1, 0.15) is 5.82 Å². The van der Waals surface area contributed by atoms with Gasteiger partial charge in [-0.15, -0.1) is 11.3 Å². The Labute approximate surface area is 139 Å². The molecule has 0 aliphatic heterocycles. The molecule has 0 radical (unpaired) electrons. The number of benzene rings is 1. The Hall–Kier alpha value is -1.88. The second kappa shape index (κ2) is 5.96. The highest BCUT2D eigenvalue weighted by atomic mass is 32.1. The van der Waals surface area contributed by atoms with Crippen LogP contribution in [0.4, 0.5) is 9.52 Å². The Kier molecular flexibility index (Phi) is 3.81. The number of anilines is 1. The van der Waals surface area contributed by atoms with Gasteiger partial charge >= 0.3 is 0 Å². The highest BCUT2D eigenvalue weighted by molar-refractivity contribution is 7.14. The van der Waals surface area contributed by atoms with Crippen molar-refractivity contribution in [2.75, 3.05) is 5.32 Å². The molecule has 3 aromatic rings. The summed E-state index contributed by atoms with van der Waals surface area (Å²) in [6, 6.07) is 5.33. The van der Waals surface area contributed by atoms with E-state index in [0.717, 1.165) is 33.2 Å². The number of hydrogen-bond donors (Lipinski definition) is 2. The minimum absolute atomic E-state index is 0.219. The zero-order valence-corrected chi connectivity index (χ0v) is 13.9. The summed E-state index contributed by atoms with van der Waals surface area (Å²) in [6.45, 7) is 2.32. The smallest absolute Gasteiger partial charge is 0.183 e. The van der Waals surface area contributed by atoms with Crippen molar-refractivity contribution >= 4 is 27.4 Å². The van der Waals surface area contributed by atoms with E-state index in [1.807, 2.05) is 11.6 Å². The number of rotatable bonds is 3. The van der Waals surface area contributed by atoms with Crippen molar-refractivity contribution in [3.63, 3.8) is 0 Å². The maximum atomic E-state index is 13.5. The van der Waals surface area contributed by atoms with Gasteiger partial charge < -0.3 is 10.3 Å². The second-order valence-electron chi connectivity index (χ2n) is 6.54. The molecule has 2 N–H and O–H groups in total. The van der Waals surface area contributed by atoms with Crippen LogP contribution in [0.15, 0.2) is 29.8 Å². The van der Waals surface area contributed by atoms with Crippen molar-refractivity contribution in [1.29, 1.82) is 0 Å². The normalized spacial score (nSPS) is 21.7. The average molecular weight is 329 g/mol. The number of nitrogens with zero attached hydrogens (tertiary/aromatic N) is 1. The van der Waals surface area contributed by atoms with E-state index in [2.05, 4.69) is 17.2 Å². The van der Waals surface area contributed by atoms with Crippen LogP contribution in [0.2, 0.25) is 0 Å². The van der Waals surface area contributed by atoms with Gasteiger partial charge in [0.2, 0.25) is 0 Å². The van der Waals surface area contributed by atoms with Crippen molar-refractivity contribution in [2.45, 2.75) is 38.6 Å². The lowest BCUT2D eigenvalue weighted by Crippen LogP contribution is -2.26. The van der Waals surface area contributed by atoms with E-state index >= 15 is 0 Å². The van der Waals surface area contributed by atoms with Crippen LogP contribution >= 0.6 is 11.3 Å². The average Bonchev–Trinajstić information content (AvgIpc) is 3.13. The third kappa shape index (κ3) is 2.98. The van der Waals surface area contributed by atoms with Crippen LogP contribution in [0.5, 0.6) is 0 Å². The summed E-state index contributed by atoms with van der Waals surface area (Å²) in [6.07, 6.45) is 6.97. The van der Waals surface area contributed by atoms with E-state index in [1.165, 1.54) is 31.7 Å². The number of H-pyrrole nitrogens is 1. The number of fused-ring (bicyclic) bond motifs is 1. The molecule has 0 bridgehead atoms. The molecule has 1 aliphatic carbocycles. The fourth-order valence-corrected chi connectivity index (χ4v) is 4.30. The van der Waals surface area contributed by atoms with Crippen LogP contribution in [0.1, 0.15) is 32.6 Å². The van der Waals surface area contributed by atoms with Crippen molar-refractivity contribution < 1.29 is 4.39 Å². The molecule has 0 unspecified atom stereocenters. The molecular formula is C18H20FN3S. The number of hydrogen-bond acceptors (Lipinski definition) is 3. The lowest BCUT2D eigenvalue weighted by Gasteiger charge is -2.27. The quantitative estimate of drug-likeness (QED) is 0.673. The van der Waals surface area contributed by atoms with Crippen molar-refractivity contribution in [3.8, 4) is 11.3 Å². The molecule has 0 saturated heterocycles. The SMILES string of the molecule is C[C@@H]1CCC[C@H](Nc2nc(-c3c[nH]c4ccc(F)cc34)cs2)C1. The highest BCUT2D eigenvalue weighted by Gasteiger charge is 2.20. The molecule has 3 nitrogen and oxygen atoms in total. The summed E-state index contributed by atoms with van der Waals surface area (Å²) < 4.78 is 13.5. The molecular weight excluding hydrogens is 309 g/mol.